The number of nitrogens with zero attached hydrogens (tertiary/aromatic N) is 2. The predicted molar refractivity (Wildman–Crippen MR) is 101 cm³/mol. The number of ether oxygens (including phenoxy) is 1. The maximum absolute atomic E-state index is 5.37. The Bertz CT molecular complexity index is 947. The minimum Gasteiger partial charge on any atom is -0.481 e. The minimum atomic E-state index is 0.648. The van der Waals surface area contributed by atoms with E-state index in [1.54, 1.807) is 7.11 Å². The summed E-state index contributed by atoms with van der Waals surface area (Å²) in [5.74, 6) is 0.648. The average Bonchev–Trinajstić information content (AvgIpc) is 3.04. The van der Waals surface area contributed by atoms with E-state index in [0.717, 1.165) is 25.0 Å². The zero-order valence-electron chi connectivity index (χ0n) is 15.0. The molecule has 126 valence electrons. The Kier molecular flexibility index (Phi) is 4.00. The summed E-state index contributed by atoms with van der Waals surface area (Å²) in [7, 11) is 1.66. The van der Waals surface area contributed by atoms with Crippen molar-refractivity contribution in [1.82, 2.24) is 9.97 Å². The van der Waals surface area contributed by atoms with E-state index in [4.69, 9.17) is 14.7 Å². The molecular formula is C22H22N2O. The van der Waals surface area contributed by atoms with Crippen LogP contribution in [0.15, 0.2) is 42.5 Å². The number of fused-ring (bicyclic) bond motifs is 3. The molecular weight excluding hydrogens is 308 g/mol. The molecule has 0 atom stereocenters. The number of aryl methyl sites for hydroxylation is 1. The molecule has 0 N–H and O–H groups in total. The van der Waals surface area contributed by atoms with Gasteiger partial charge in [0.1, 0.15) is 0 Å². The molecule has 1 aliphatic rings. The second-order valence-corrected chi connectivity index (χ2v) is 6.34. The van der Waals surface area contributed by atoms with Crippen LogP contribution in [0.3, 0.4) is 0 Å². The van der Waals surface area contributed by atoms with E-state index in [1.807, 2.05) is 12.1 Å². The van der Waals surface area contributed by atoms with Gasteiger partial charge in [-0.05, 0) is 35.6 Å². The molecule has 0 radical (unpaired) electrons. The Balaban J connectivity index is 2.07. The first kappa shape index (κ1) is 15.8. The molecule has 3 nitrogen and oxygen atoms in total. The zero-order chi connectivity index (χ0) is 17.4. The van der Waals surface area contributed by atoms with Gasteiger partial charge in [0.2, 0.25) is 5.88 Å². The normalized spacial score (nSPS) is 12.0. The Labute approximate surface area is 148 Å². The molecule has 25 heavy (non-hydrogen) atoms. The largest absolute Gasteiger partial charge is 0.481 e. The fourth-order valence-corrected chi connectivity index (χ4v) is 3.87. The third kappa shape index (κ3) is 2.51. The summed E-state index contributed by atoms with van der Waals surface area (Å²) in [6, 6.07) is 14.6. The molecule has 1 aliphatic carbocycles. The van der Waals surface area contributed by atoms with Gasteiger partial charge in [0.05, 0.1) is 18.5 Å². The van der Waals surface area contributed by atoms with E-state index < -0.39 is 0 Å². The second kappa shape index (κ2) is 6.32. The van der Waals surface area contributed by atoms with Crippen LogP contribution in [0.4, 0.5) is 0 Å². The maximum Gasteiger partial charge on any atom is 0.213 e. The lowest BCUT2D eigenvalue weighted by Crippen LogP contribution is -2.05. The summed E-state index contributed by atoms with van der Waals surface area (Å²) >= 11 is 0. The number of pyridine rings is 2. The molecule has 0 fully saturated rings. The highest BCUT2D eigenvalue weighted by Crippen LogP contribution is 2.44. The third-order valence-electron chi connectivity index (χ3n) is 4.98. The lowest BCUT2D eigenvalue weighted by Gasteiger charge is -2.17. The smallest absolute Gasteiger partial charge is 0.213 e. The molecule has 0 spiro atoms. The molecule has 3 heteroatoms. The number of methoxy groups -OCH3 is 1. The van der Waals surface area contributed by atoms with Crippen LogP contribution in [0.25, 0.3) is 22.4 Å². The van der Waals surface area contributed by atoms with E-state index in [2.05, 4.69) is 44.2 Å². The van der Waals surface area contributed by atoms with E-state index >= 15 is 0 Å². The number of hydrogen-bond acceptors (Lipinski definition) is 3. The monoisotopic (exact) mass is 330 g/mol. The summed E-state index contributed by atoms with van der Waals surface area (Å²) in [4.78, 5) is 9.77. The van der Waals surface area contributed by atoms with Crippen molar-refractivity contribution >= 4 is 0 Å². The molecule has 4 rings (SSSR count). The number of aromatic nitrogens is 2. The van der Waals surface area contributed by atoms with Crippen molar-refractivity contribution in [3.8, 4) is 28.3 Å². The SMILES string of the molecule is CCc1nc2c(c(-c3cccc(OC)n3)c1CC)-c1ccccc1C2. The molecule has 2 heterocycles. The van der Waals surface area contributed by atoms with Gasteiger partial charge >= 0.3 is 0 Å². The van der Waals surface area contributed by atoms with Gasteiger partial charge in [-0.1, -0.05) is 44.2 Å². The van der Waals surface area contributed by atoms with Crippen molar-refractivity contribution in [3.05, 3.63) is 65.0 Å². The Hall–Kier alpha value is -2.68. The summed E-state index contributed by atoms with van der Waals surface area (Å²) < 4.78 is 5.37. The molecule has 2 aromatic heterocycles. The summed E-state index contributed by atoms with van der Waals surface area (Å²) in [6.07, 6.45) is 2.78. The van der Waals surface area contributed by atoms with Crippen LogP contribution in [0.5, 0.6) is 5.88 Å². The molecule has 0 bridgehead atoms. The van der Waals surface area contributed by atoms with Gasteiger partial charge in [0.25, 0.3) is 0 Å². The summed E-state index contributed by atoms with van der Waals surface area (Å²) in [5.41, 5.74) is 9.77. The molecule has 0 amide bonds. The lowest BCUT2D eigenvalue weighted by molar-refractivity contribution is 0.398. The highest BCUT2D eigenvalue weighted by molar-refractivity contribution is 5.90. The van der Waals surface area contributed by atoms with Crippen LogP contribution in [0.2, 0.25) is 0 Å². The first-order valence-corrected chi connectivity index (χ1v) is 8.91. The second-order valence-electron chi connectivity index (χ2n) is 6.34. The summed E-state index contributed by atoms with van der Waals surface area (Å²) in [5, 5.41) is 0. The van der Waals surface area contributed by atoms with Crippen molar-refractivity contribution in [2.24, 2.45) is 0 Å². The first-order valence-electron chi connectivity index (χ1n) is 8.91. The Morgan fingerprint density at radius 1 is 0.920 bits per heavy atom. The van der Waals surface area contributed by atoms with E-state index in [-0.39, 0.29) is 0 Å². The van der Waals surface area contributed by atoms with Gasteiger partial charge < -0.3 is 4.74 Å². The van der Waals surface area contributed by atoms with Crippen molar-refractivity contribution < 1.29 is 4.74 Å². The van der Waals surface area contributed by atoms with Crippen molar-refractivity contribution in [1.29, 1.82) is 0 Å². The average molecular weight is 330 g/mol. The van der Waals surface area contributed by atoms with Gasteiger partial charge in [-0.25, -0.2) is 4.98 Å². The minimum absolute atomic E-state index is 0.648. The van der Waals surface area contributed by atoms with Gasteiger partial charge in [-0.3, -0.25) is 4.98 Å². The number of benzene rings is 1. The fourth-order valence-electron chi connectivity index (χ4n) is 3.87. The van der Waals surface area contributed by atoms with Gasteiger partial charge in [0, 0.05) is 29.3 Å². The molecule has 0 saturated heterocycles. The standard InChI is InChI=1S/C22H22N2O/c1-4-15-17(5-2)23-19-13-14-9-6-7-10-16(14)22(19)21(15)18-11-8-12-20(24-18)25-3/h6-12H,4-5,13H2,1-3H3. The van der Waals surface area contributed by atoms with Gasteiger partial charge in [0.15, 0.2) is 0 Å². The van der Waals surface area contributed by atoms with Crippen LogP contribution in [0, 0.1) is 0 Å². The molecule has 0 unspecified atom stereocenters. The molecule has 0 aliphatic heterocycles. The van der Waals surface area contributed by atoms with Crippen LogP contribution in [-0.4, -0.2) is 17.1 Å². The zero-order valence-corrected chi connectivity index (χ0v) is 15.0. The summed E-state index contributed by atoms with van der Waals surface area (Å²) in [6.45, 7) is 4.38. The van der Waals surface area contributed by atoms with E-state index in [0.29, 0.717) is 5.88 Å². The van der Waals surface area contributed by atoms with E-state index in [1.165, 1.54) is 39.2 Å². The number of hydrogen-bond donors (Lipinski definition) is 0. The Morgan fingerprint density at radius 2 is 1.76 bits per heavy atom. The van der Waals surface area contributed by atoms with Gasteiger partial charge in [-0.2, -0.15) is 0 Å². The molecule has 1 aromatic carbocycles. The highest BCUT2D eigenvalue weighted by atomic mass is 16.5. The molecule has 0 saturated carbocycles. The Morgan fingerprint density at radius 3 is 2.52 bits per heavy atom. The van der Waals surface area contributed by atoms with Crippen molar-refractivity contribution in [3.63, 3.8) is 0 Å². The van der Waals surface area contributed by atoms with Gasteiger partial charge in [-0.15, -0.1) is 0 Å². The van der Waals surface area contributed by atoms with Crippen LogP contribution in [0.1, 0.15) is 36.4 Å². The predicted octanol–water partition coefficient (Wildman–Crippen LogP) is 4.85. The highest BCUT2D eigenvalue weighted by Gasteiger charge is 2.27. The van der Waals surface area contributed by atoms with Crippen LogP contribution in [-0.2, 0) is 19.3 Å². The topological polar surface area (TPSA) is 35.0 Å². The van der Waals surface area contributed by atoms with Crippen LogP contribution < -0.4 is 4.74 Å². The first-order chi connectivity index (χ1) is 12.3. The van der Waals surface area contributed by atoms with Crippen molar-refractivity contribution in [2.45, 2.75) is 33.1 Å². The maximum atomic E-state index is 5.37. The quantitative estimate of drug-likeness (QED) is 0.536. The third-order valence-corrected chi connectivity index (χ3v) is 4.98. The van der Waals surface area contributed by atoms with E-state index in [9.17, 15) is 0 Å². The number of rotatable bonds is 4. The van der Waals surface area contributed by atoms with Crippen LogP contribution >= 0.6 is 0 Å². The van der Waals surface area contributed by atoms with Crippen molar-refractivity contribution in [2.75, 3.05) is 7.11 Å². The lowest BCUT2D eigenvalue weighted by atomic mass is 9.91. The molecule has 3 aromatic rings. The fraction of sp³-hybridized carbons (Fsp3) is 0.273.